The molecule has 2 N–H and O–H groups in total. The van der Waals surface area contributed by atoms with Crippen molar-refractivity contribution in [3.8, 4) is 5.75 Å². The molecule has 0 saturated heterocycles. The Kier molecular flexibility index (Phi) is 8.22. The highest BCUT2D eigenvalue weighted by molar-refractivity contribution is 5.85. The number of aliphatic carboxylic acids is 1. The van der Waals surface area contributed by atoms with Gasteiger partial charge in [0, 0.05) is 5.56 Å². The summed E-state index contributed by atoms with van der Waals surface area (Å²) in [7, 11) is 0. The minimum absolute atomic E-state index is 0.0830. The molecule has 0 fully saturated rings. The van der Waals surface area contributed by atoms with Gasteiger partial charge in [-0.3, -0.25) is 0 Å². The van der Waals surface area contributed by atoms with Crippen LogP contribution < -0.4 is 10.1 Å². The van der Waals surface area contributed by atoms with Crippen LogP contribution in [-0.2, 0) is 27.5 Å². The Morgan fingerprint density at radius 2 is 1.69 bits per heavy atom. The number of hydrogen-bond donors (Lipinski definition) is 2. The quantitative estimate of drug-likeness (QED) is 0.436. The van der Waals surface area contributed by atoms with Crippen LogP contribution >= 0.6 is 0 Å². The number of amides is 1. The van der Waals surface area contributed by atoms with Crippen LogP contribution in [0.3, 0.4) is 0 Å². The van der Waals surface area contributed by atoms with Crippen molar-refractivity contribution in [2.45, 2.75) is 19.3 Å². The van der Waals surface area contributed by atoms with Crippen LogP contribution in [0.4, 0.5) is 4.79 Å². The number of carboxylic acid groups (broad SMARTS) is 1. The highest BCUT2D eigenvalue weighted by Gasteiger charge is 2.21. The van der Waals surface area contributed by atoms with Gasteiger partial charge in [-0.2, -0.15) is 0 Å². The second-order valence-electron chi connectivity index (χ2n) is 7.02. The van der Waals surface area contributed by atoms with Crippen LogP contribution in [0.25, 0.3) is 10.8 Å². The molecular weight excluding hydrogens is 410 g/mol. The largest absolute Gasteiger partial charge is 0.489 e. The molecule has 1 atom stereocenters. The first-order chi connectivity index (χ1) is 15.6. The van der Waals surface area contributed by atoms with Crippen molar-refractivity contribution in [2.24, 2.45) is 0 Å². The topological polar surface area (TPSA) is 94.1 Å². The van der Waals surface area contributed by atoms with Gasteiger partial charge in [-0.25, -0.2) is 9.59 Å². The highest BCUT2D eigenvalue weighted by atomic mass is 16.6. The van der Waals surface area contributed by atoms with Crippen LogP contribution in [-0.4, -0.2) is 36.4 Å². The Morgan fingerprint density at radius 3 is 2.38 bits per heavy atom. The SMILES string of the molecule is C=CCOc1cc2ccccc2cc1COC(=O)N[C@@H](COCc1ccccc1)C(=O)O. The molecule has 1 amide bonds. The Morgan fingerprint density at radius 1 is 1.00 bits per heavy atom. The van der Waals surface area contributed by atoms with Gasteiger partial charge in [-0.1, -0.05) is 67.3 Å². The van der Waals surface area contributed by atoms with Gasteiger partial charge in [0.05, 0.1) is 13.2 Å². The zero-order valence-corrected chi connectivity index (χ0v) is 17.5. The fraction of sp³-hybridized carbons (Fsp3) is 0.200. The summed E-state index contributed by atoms with van der Waals surface area (Å²) in [5.74, 6) is -0.645. The van der Waals surface area contributed by atoms with Gasteiger partial charge in [0.2, 0.25) is 0 Å². The molecule has 166 valence electrons. The molecule has 0 radical (unpaired) electrons. The Labute approximate surface area is 186 Å². The number of alkyl carbamates (subject to hydrolysis) is 1. The summed E-state index contributed by atoms with van der Waals surface area (Å²) in [4.78, 5) is 23.7. The molecule has 32 heavy (non-hydrogen) atoms. The van der Waals surface area contributed by atoms with Crippen molar-refractivity contribution in [3.05, 3.63) is 90.5 Å². The van der Waals surface area contributed by atoms with Gasteiger partial charge in [-0.05, 0) is 28.5 Å². The first-order valence-electron chi connectivity index (χ1n) is 10.1. The smallest absolute Gasteiger partial charge is 0.408 e. The van der Waals surface area contributed by atoms with Crippen LogP contribution in [0, 0.1) is 0 Å². The third-order valence-corrected chi connectivity index (χ3v) is 4.63. The van der Waals surface area contributed by atoms with Crippen LogP contribution in [0.2, 0.25) is 0 Å². The molecule has 0 aliphatic heterocycles. The lowest BCUT2D eigenvalue weighted by Crippen LogP contribution is -2.44. The number of nitrogens with one attached hydrogen (secondary N) is 1. The molecule has 7 heteroatoms. The van der Waals surface area contributed by atoms with Crippen LogP contribution in [0.5, 0.6) is 5.75 Å². The molecular formula is C25H25NO6. The maximum absolute atomic E-state index is 12.2. The van der Waals surface area contributed by atoms with Crippen molar-refractivity contribution < 1.29 is 28.9 Å². The van der Waals surface area contributed by atoms with E-state index in [1.165, 1.54) is 0 Å². The first-order valence-corrected chi connectivity index (χ1v) is 10.1. The zero-order valence-electron chi connectivity index (χ0n) is 17.5. The zero-order chi connectivity index (χ0) is 22.8. The summed E-state index contributed by atoms with van der Waals surface area (Å²) in [6, 6.07) is 19.6. The van der Waals surface area contributed by atoms with Gasteiger partial charge >= 0.3 is 12.1 Å². The number of benzene rings is 3. The van der Waals surface area contributed by atoms with E-state index in [0.29, 0.717) is 17.9 Å². The minimum Gasteiger partial charge on any atom is -0.489 e. The fourth-order valence-electron chi connectivity index (χ4n) is 3.03. The summed E-state index contributed by atoms with van der Waals surface area (Å²) in [6.07, 6.45) is 0.767. The van der Waals surface area contributed by atoms with E-state index in [1.54, 1.807) is 6.08 Å². The summed E-state index contributed by atoms with van der Waals surface area (Å²) in [5, 5.41) is 13.7. The maximum Gasteiger partial charge on any atom is 0.408 e. The Bertz CT molecular complexity index is 1070. The van der Waals surface area contributed by atoms with Crippen molar-refractivity contribution in [3.63, 3.8) is 0 Å². The minimum atomic E-state index is -1.24. The molecule has 0 aliphatic carbocycles. The molecule has 3 aromatic carbocycles. The van der Waals surface area contributed by atoms with E-state index in [9.17, 15) is 14.7 Å². The standard InChI is InChI=1S/C25H25NO6/c1-2-12-31-23-14-20-11-7-6-10-19(20)13-21(23)16-32-25(29)26-22(24(27)28)17-30-15-18-8-4-3-5-9-18/h2-11,13-14,22H,1,12,15-17H2,(H,26,29)(H,27,28)/t22-/m0/s1. The average molecular weight is 435 g/mol. The van der Waals surface area contributed by atoms with E-state index >= 15 is 0 Å². The lowest BCUT2D eigenvalue weighted by Gasteiger charge is -2.16. The third-order valence-electron chi connectivity index (χ3n) is 4.63. The second-order valence-corrected chi connectivity index (χ2v) is 7.02. The number of carbonyl (C=O) groups is 2. The molecule has 0 spiro atoms. The monoisotopic (exact) mass is 435 g/mol. The van der Waals surface area contributed by atoms with Gasteiger partial charge in [0.1, 0.15) is 19.0 Å². The van der Waals surface area contributed by atoms with Crippen LogP contribution in [0.1, 0.15) is 11.1 Å². The van der Waals surface area contributed by atoms with Crippen LogP contribution in [0.15, 0.2) is 79.4 Å². The summed E-state index contributed by atoms with van der Waals surface area (Å²) < 4.78 is 16.4. The van der Waals surface area contributed by atoms with Crippen molar-refractivity contribution in [1.82, 2.24) is 5.32 Å². The summed E-state index contributed by atoms with van der Waals surface area (Å²) in [5.41, 5.74) is 1.57. The second kappa shape index (κ2) is 11.5. The van der Waals surface area contributed by atoms with E-state index in [-0.39, 0.29) is 19.8 Å². The first kappa shape index (κ1) is 22.8. The molecule has 0 aromatic heterocycles. The lowest BCUT2D eigenvalue weighted by atomic mass is 10.1. The van der Waals surface area contributed by atoms with Gasteiger partial charge < -0.3 is 24.6 Å². The fourth-order valence-corrected chi connectivity index (χ4v) is 3.03. The molecule has 7 nitrogen and oxygen atoms in total. The molecule has 0 aliphatic rings. The number of fused-ring (bicyclic) bond motifs is 1. The molecule has 3 aromatic rings. The highest BCUT2D eigenvalue weighted by Crippen LogP contribution is 2.27. The van der Waals surface area contributed by atoms with Gasteiger partial charge in [-0.15, -0.1) is 0 Å². The molecule has 0 unspecified atom stereocenters. The molecule has 0 saturated carbocycles. The summed E-state index contributed by atoms with van der Waals surface area (Å²) in [6.45, 7) is 3.91. The normalized spacial score (nSPS) is 11.5. The van der Waals surface area contributed by atoms with Crippen molar-refractivity contribution in [1.29, 1.82) is 0 Å². The van der Waals surface area contributed by atoms with E-state index in [1.807, 2.05) is 66.7 Å². The van der Waals surface area contributed by atoms with E-state index < -0.39 is 18.1 Å². The van der Waals surface area contributed by atoms with E-state index in [4.69, 9.17) is 14.2 Å². The number of carboxylic acids is 1. The number of carbonyl (C=O) groups excluding carboxylic acids is 1. The van der Waals surface area contributed by atoms with Gasteiger partial charge in [0.15, 0.2) is 6.04 Å². The number of hydrogen-bond acceptors (Lipinski definition) is 5. The molecule has 0 heterocycles. The Balaban J connectivity index is 1.58. The van der Waals surface area contributed by atoms with Crippen molar-refractivity contribution in [2.75, 3.05) is 13.2 Å². The predicted octanol–water partition coefficient (Wildman–Crippen LogP) is 4.30. The Hall–Kier alpha value is -3.84. The third kappa shape index (κ3) is 6.58. The number of rotatable bonds is 11. The van der Waals surface area contributed by atoms with E-state index in [2.05, 4.69) is 11.9 Å². The predicted molar refractivity (Wildman–Crippen MR) is 120 cm³/mol. The lowest BCUT2D eigenvalue weighted by molar-refractivity contribution is -0.141. The molecule has 3 rings (SSSR count). The summed E-state index contributed by atoms with van der Waals surface area (Å²) >= 11 is 0. The maximum atomic E-state index is 12.2. The average Bonchev–Trinajstić information content (AvgIpc) is 2.81. The van der Waals surface area contributed by atoms with E-state index in [0.717, 1.165) is 16.3 Å². The van der Waals surface area contributed by atoms with Gasteiger partial charge in [0.25, 0.3) is 0 Å². The molecule has 0 bridgehead atoms. The van der Waals surface area contributed by atoms with Crippen molar-refractivity contribution >= 4 is 22.8 Å². The number of ether oxygens (including phenoxy) is 3.